The maximum atomic E-state index is 9.31. The summed E-state index contributed by atoms with van der Waals surface area (Å²) in [4.78, 5) is 0. The van der Waals surface area contributed by atoms with Gasteiger partial charge in [-0.2, -0.15) is 8.42 Å². The van der Waals surface area contributed by atoms with Gasteiger partial charge in [0.25, 0.3) is 0 Å². The third kappa shape index (κ3) is 16.8. The molecule has 0 heterocycles. The first-order valence-corrected chi connectivity index (χ1v) is 8.70. The fourth-order valence-electron chi connectivity index (χ4n) is 2.00. The molecule has 21 heavy (non-hydrogen) atoms. The van der Waals surface area contributed by atoms with Crippen molar-refractivity contribution in [2.24, 2.45) is 0 Å². The lowest BCUT2D eigenvalue weighted by Crippen LogP contribution is -1.89. The number of rotatable bonds is 8. The highest BCUT2D eigenvalue weighted by Crippen LogP contribution is 2.14. The van der Waals surface area contributed by atoms with Gasteiger partial charge in [0.05, 0.1) is 0 Å². The summed E-state index contributed by atoms with van der Waals surface area (Å²) < 4.78 is 31.6. The van der Waals surface area contributed by atoms with Gasteiger partial charge >= 0.3 is 10.4 Å². The van der Waals surface area contributed by atoms with Gasteiger partial charge in [0.1, 0.15) is 5.75 Å². The Balaban J connectivity index is 0.000000690. The molecule has 0 bridgehead atoms. The van der Waals surface area contributed by atoms with Gasteiger partial charge in [-0.15, -0.1) is 0 Å². The lowest BCUT2D eigenvalue weighted by Gasteiger charge is -2.02. The van der Waals surface area contributed by atoms with Crippen LogP contribution in [-0.4, -0.2) is 22.6 Å². The molecule has 0 aliphatic heterocycles. The molecule has 0 aromatic heterocycles. The number of phenolic OH excluding ortho intramolecular Hbond substituents is 1. The molecule has 1 rings (SSSR count). The van der Waals surface area contributed by atoms with Crippen molar-refractivity contribution >= 4 is 10.4 Å². The van der Waals surface area contributed by atoms with Crippen molar-refractivity contribution in [3.63, 3.8) is 0 Å². The van der Waals surface area contributed by atoms with Crippen LogP contribution in [0.1, 0.15) is 57.4 Å². The van der Waals surface area contributed by atoms with E-state index in [1.807, 2.05) is 12.1 Å². The minimum Gasteiger partial charge on any atom is -0.508 e. The van der Waals surface area contributed by atoms with E-state index in [0.717, 1.165) is 6.42 Å². The van der Waals surface area contributed by atoms with Gasteiger partial charge in [-0.3, -0.25) is 9.11 Å². The first-order chi connectivity index (χ1) is 9.83. The molecule has 1 aromatic rings. The Bertz CT molecular complexity index is 463. The van der Waals surface area contributed by atoms with Crippen LogP contribution in [0.3, 0.4) is 0 Å². The molecular weight excluding hydrogens is 292 g/mol. The number of unbranched alkanes of at least 4 members (excludes halogenated alkanes) is 6. The number of hydrogen-bond donors (Lipinski definition) is 3. The molecule has 0 spiro atoms. The van der Waals surface area contributed by atoms with Crippen LogP contribution in [0.2, 0.25) is 0 Å². The second-order valence-corrected chi connectivity index (χ2v) is 5.88. The predicted molar refractivity (Wildman–Crippen MR) is 84.0 cm³/mol. The number of hydrogen-bond acceptors (Lipinski definition) is 3. The number of aromatic hydroxyl groups is 1. The topological polar surface area (TPSA) is 94.8 Å². The van der Waals surface area contributed by atoms with Gasteiger partial charge in [0.15, 0.2) is 0 Å². The van der Waals surface area contributed by atoms with Crippen molar-refractivity contribution in [1.29, 1.82) is 0 Å². The Morgan fingerprint density at radius 3 is 2.00 bits per heavy atom. The lowest BCUT2D eigenvalue weighted by atomic mass is 10.0. The van der Waals surface area contributed by atoms with Gasteiger partial charge in [-0.25, -0.2) is 0 Å². The molecule has 0 amide bonds. The fourth-order valence-corrected chi connectivity index (χ4v) is 2.00. The molecule has 0 radical (unpaired) electrons. The first-order valence-electron chi connectivity index (χ1n) is 7.30. The van der Waals surface area contributed by atoms with Gasteiger partial charge < -0.3 is 5.11 Å². The second-order valence-electron chi connectivity index (χ2n) is 4.99. The molecule has 3 N–H and O–H groups in total. The highest BCUT2D eigenvalue weighted by atomic mass is 32.3. The molecular formula is C15H26O5S. The molecule has 0 saturated heterocycles. The minimum atomic E-state index is -4.67. The lowest BCUT2D eigenvalue weighted by molar-refractivity contribution is 0.381. The van der Waals surface area contributed by atoms with Crippen LogP contribution >= 0.6 is 0 Å². The highest BCUT2D eigenvalue weighted by molar-refractivity contribution is 7.79. The van der Waals surface area contributed by atoms with Crippen LogP contribution in [0.5, 0.6) is 5.75 Å². The summed E-state index contributed by atoms with van der Waals surface area (Å²) in [6.07, 6.45) is 10.5. The molecule has 0 atom stereocenters. The number of phenols is 1. The average molecular weight is 318 g/mol. The third-order valence-electron chi connectivity index (χ3n) is 2.98. The van der Waals surface area contributed by atoms with E-state index in [0.29, 0.717) is 5.75 Å². The summed E-state index contributed by atoms with van der Waals surface area (Å²) in [5.41, 5.74) is 1.26. The average Bonchev–Trinajstić information content (AvgIpc) is 2.36. The second kappa shape index (κ2) is 11.5. The number of benzene rings is 1. The molecule has 1 aromatic carbocycles. The van der Waals surface area contributed by atoms with E-state index in [2.05, 4.69) is 13.0 Å². The van der Waals surface area contributed by atoms with Crippen molar-refractivity contribution in [2.75, 3.05) is 0 Å². The van der Waals surface area contributed by atoms with E-state index in [1.54, 1.807) is 6.07 Å². The SMILES string of the molecule is CCCCCCCCCc1cccc(O)c1.O=S(=O)(O)O. The quantitative estimate of drug-likeness (QED) is 0.497. The summed E-state index contributed by atoms with van der Waals surface area (Å²) in [5.74, 6) is 0.389. The Kier molecular flexibility index (Phi) is 10.9. The van der Waals surface area contributed by atoms with Gasteiger partial charge in [-0.1, -0.05) is 57.6 Å². The van der Waals surface area contributed by atoms with E-state index in [4.69, 9.17) is 17.5 Å². The van der Waals surface area contributed by atoms with Gasteiger partial charge in [-0.05, 0) is 30.5 Å². The summed E-state index contributed by atoms with van der Waals surface area (Å²) in [6, 6.07) is 7.62. The van der Waals surface area contributed by atoms with E-state index in [1.165, 1.54) is 50.5 Å². The largest absolute Gasteiger partial charge is 0.508 e. The van der Waals surface area contributed by atoms with Crippen molar-refractivity contribution in [2.45, 2.75) is 58.3 Å². The monoisotopic (exact) mass is 318 g/mol. The normalized spacial score (nSPS) is 10.8. The Labute approximate surface area is 127 Å². The highest BCUT2D eigenvalue weighted by Gasteiger charge is 1.95. The molecule has 0 fully saturated rings. The van der Waals surface area contributed by atoms with Crippen molar-refractivity contribution in [3.05, 3.63) is 29.8 Å². The molecule has 6 heteroatoms. The van der Waals surface area contributed by atoms with Crippen LogP contribution in [0, 0.1) is 0 Å². The van der Waals surface area contributed by atoms with E-state index >= 15 is 0 Å². The van der Waals surface area contributed by atoms with E-state index in [-0.39, 0.29) is 0 Å². The van der Waals surface area contributed by atoms with Crippen molar-refractivity contribution < 1.29 is 22.6 Å². The predicted octanol–water partition coefficient (Wildman–Crippen LogP) is 4.03. The van der Waals surface area contributed by atoms with Crippen molar-refractivity contribution in [1.82, 2.24) is 0 Å². The zero-order valence-electron chi connectivity index (χ0n) is 12.5. The summed E-state index contributed by atoms with van der Waals surface area (Å²) in [7, 11) is -4.67. The van der Waals surface area contributed by atoms with Gasteiger partial charge in [0, 0.05) is 0 Å². The smallest absolute Gasteiger partial charge is 0.394 e. The molecule has 0 unspecified atom stereocenters. The van der Waals surface area contributed by atoms with Crippen LogP contribution in [0.15, 0.2) is 24.3 Å². The van der Waals surface area contributed by atoms with Gasteiger partial charge in [0.2, 0.25) is 0 Å². The Hall–Kier alpha value is -1.11. The molecule has 122 valence electrons. The first kappa shape index (κ1) is 19.9. The Morgan fingerprint density at radius 1 is 0.952 bits per heavy atom. The van der Waals surface area contributed by atoms with E-state index in [9.17, 15) is 5.11 Å². The summed E-state index contributed by atoms with van der Waals surface area (Å²) >= 11 is 0. The minimum absolute atomic E-state index is 0.389. The molecule has 0 aliphatic carbocycles. The number of aryl methyl sites for hydroxylation is 1. The van der Waals surface area contributed by atoms with E-state index < -0.39 is 10.4 Å². The zero-order valence-corrected chi connectivity index (χ0v) is 13.3. The standard InChI is InChI=1S/C15H24O.H2O4S/c1-2-3-4-5-6-7-8-10-14-11-9-12-15(16)13-14;1-5(2,3)4/h9,11-13,16H,2-8,10H2,1H3;(H2,1,2,3,4). The maximum absolute atomic E-state index is 9.31. The van der Waals surface area contributed by atoms with Crippen molar-refractivity contribution in [3.8, 4) is 5.75 Å². The maximum Gasteiger partial charge on any atom is 0.394 e. The molecule has 0 aliphatic rings. The summed E-state index contributed by atoms with van der Waals surface area (Å²) in [6.45, 7) is 2.25. The summed E-state index contributed by atoms with van der Waals surface area (Å²) in [5, 5.41) is 9.31. The van der Waals surface area contributed by atoms with Crippen LogP contribution in [0.25, 0.3) is 0 Å². The third-order valence-corrected chi connectivity index (χ3v) is 2.98. The molecule has 0 saturated carbocycles. The van der Waals surface area contributed by atoms with Crippen LogP contribution in [0.4, 0.5) is 0 Å². The van der Waals surface area contributed by atoms with Crippen LogP contribution in [-0.2, 0) is 16.8 Å². The fraction of sp³-hybridized carbons (Fsp3) is 0.600. The Morgan fingerprint density at radius 2 is 1.48 bits per heavy atom. The van der Waals surface area contributed by atoms with Crippen LogP contribution < -0.4 is 0 Å². The zero-order chi connectivity index (χ0) is 16.1. The molecule has 5 nitrogen and oxygen atoms in total.